The van der Waals surface area contributed by atoms with Crippen LogP contribution in [0.15, 0.2) is 6.07 Å². The van der Waals surface area contributed by atoms with E-state index in [1.165, 1.54) is 4.90 Å². The molecule has 1 N–H and O–H groups in total. The normalized spacial score (nSPS) is 17.9. The Labute approximate surface area is 118 Å². The van der Waals surface area contributed by atoms with Gasteiger partial charge in [0.25, 0.3) is 5.91 Å². The van der Waals surface area contributed by atoms with Crippen LogP contribution >= 0.6 is 0 Å². The molecule has 2 rings (SSSR count). The molecule has 20 heavy (non-hydrogen) atoms. The maximum absolute atomic E-state index is 12.3. The van der Waals surface area contributed by atoms with Crippen LogP contribution in [-0.4, -0.2) is 42.1 Å². The molecule has 1 aliphatic rings. The molecule has 0 saturated carbocycles. The molecule has 0 radical (unpaired) electrons. The van der Waals surface area contributed by atoms with Crippen molar-refractivity contribution < 1.29 is 19.4 Å². The van der Waals surface area contributed by atoms with Crippen LogP contribution in [0.5, 0.6) is 0 Å². The summed E-state index contributed by atoms with van der Waals surface area (Å²) in [4.78, 5) is 25.8. The van der Waals surface area contributed by atoms with E-state index in [-0.39, 0.29) is 19.1 Å². The molecule has 1 heterocycles. The second-order valence-electron chi connectivity index (χ2n) is 5.08. The number of carbonyl (C=O) groups excluding carboxylic acids is 2. The molecular weight excluding hydrogens is 258 g/mol. The number of hydrogen-bond donors (Lipinski definition) is 1. The molecular formula is C15H19NO4. The van der Waals surface area contributed by atoms with E-state index in [4.69, 9.17) is 4.74 Å². The van der Waals surface area contributed by atoms with E-state index in [2.05, 4.69) is 0 Å². The molecule has 0 bridgehead atoms. The maximum atomic E-state index is 12.3. The van der Waals surface area contributed by atoms with Crippen molar-refractivity contribution in [3.63, 3.8) is 0 Å². The quantitative estimate of drug-likeness (QED) is 0.834. The van der Waals surface area contributed by atoms with Gasteiger partial charge in [-0.25, -0.2) is 4.79 Å². The number of fused-ring (bicyclic) bond motifs is 1. The van der Waals surface area contributed by atoms with Crippen LogP contribution in [0.2, 0.25) is 0 Å². The first-order valence-corrected chi connectivity index (χ1v) is 6.63. The third-order valence-corrected chi connectivity index (χ3v) is 3.65. The van der Waals surface area contributed by atoms with E-state index in [0.717, 1.165) is 5.56 Å². The fourth-order valence-electron chi connectivity index (χ4n) is 2.71. The van der Waals surface area contributed by atoms with Crippen LogP contribution in [0, 0.1) is 13.8 Å². The molecule has 0 fully saturated rings. The van der Waals surface area contributed by atoms with E-state index in [1.807, 2.05) is 0 Å². The standard InChI is InChI=1S/C15H19NO4/c1-5-20-15(19)12-8(2)6-10-11(17)7-16(4)14(18)13(10)9(12)3/h6,11,17H,5,7H2,1-4H3. The second kappa shape index (κ2) is 5.25. The van der Waals surface area contributed by atoms with E-state index in [0.29, 0.717) is 22.3 Å². The van der Waals surface area contributed by atoms with Gasteiger partial charge in [0, 0.05) is 12.6 Å². The van der Waals surface area contributed by atoms with Crippen molar-refractivity contribution in [2.45, 2.75) is 26.9 Å². The Hall–Kier alpha value is -1.88. The number of β-amino-alcohol motifs (C(OH)–C–C–N with tert-alkyl or cyclic N) is 1. The minimum absolute atomic E-state index is 0.173. The van der Waals surface area contributed by atoms with Crippen LogP contribution in [0.1, 0.15) is 50.4 Å². The molecule has 0 saturated heterocycles. The third kappa shape index (κ3) is 2.18. The predicted molar refractivity (Wildman–Crippen MR) is 73.8 cm³/mol. The van der Waals surface area contributed by atoms with Crippen LogP contribution in [0.3, 0.4) is 0 Å². The van der Waals surface area contributed by atoms with Crippen molar-refractivity contribution in [3.8, 4) is 0 Å². The van der Waals surface area contributed by atoms with Gasteiger partial charge >= 0.3 is 5.97 Å². The number of carbonyl (C=O) groups is 2. The molecule has 108 valence electrons. The highest BCUT2D eigenvalue weighted by Gasteiger charge is 2.32. The van der Waals surface area contributed by atoms with Gasteiger partial charge in [0.05, 0.1) is 24.8 Å². The summed E-state index contributed by atoms with van der Waals surface area (Å²) in [6.45, 7) is 5.80. The summed E-state index contributed by atoms with van der Waals surface area (Å²) in [5, 5.41) is 10.1. The molecule has 0 aromatic heterocycles. The number of aliphatic hydroxyl groups is 1. The zero-order valence-corrected chi connectivity index (χ0v) is 12.2. The lowest BCUT2D eigenvalue weighted by molar-refractivity contribution is 0.0523. The Morgan fingerprint density at radius 2 is 2.15 bits per heavy atom. The molecule has 1 atom stereocenters. The van der Waals surface area contributed by atoms with E-state index in [1.54, 1.807) is 33.9 Å². The number of benzene rings is 1. The largest absolute Gasteiger partial charge is 0.462 e. The summed E-state index contributed by atoms with van der Waals surface area (Å²) in [7, 11) is 1.64. The summed E-state index contributed by atoms with van der Waals surface area (Å²) in [6.07, 6.45) is -0.721. The van der Waals surface area contributed by atoms with Gasteiger partial charge < -0.3 is 14.7 Å². The second-order valence-corrected chi connectivity index (χ2v) is 5.08. The van der Waals surface area contributed by atoms with Crippen LogP contribution in [0.25, 0.3) is 0 Å². The molecule has 0 aliphatic carbocycles. The van der Waals surface area contributed by atoms with Crippen molar-refractivity contribution in [2.75, 3.05) is 20.2 Å². The van der Waals surface area contributed by atoms with Gasteiger partial charge in [-0.2, -0.15) is 0 Å². The number of likely N-dealkylation sites (N-methyl/N-ethyl adjacent to an activating group) is 1. The van der Waals surface area contributed by atoms with Crippen molar-refractivity contribution in [2.24, 2.45) is 0 Å². The number of aliphatic hydroxyl groups excluding tert-OH is 1. The van der Waals surface area contributed by atoms with Gasteiger partial charge in [0.15, 0.2) is 0 Å². The van der Waals surface area contributed by atoms with Crippen molar-refractivity contribution in [3.05, 3.63) is 33.9 Å². The van der Waals surface area contributed by atoms with Gasteiger partial charge in [-0.3, -0.25) is 4.79 Å². The topological polar surface area (TPSA) is 66.8 Å². The van der Waals surface area contributed by atoms with Crippen molar-refractivity contribution in [1.29, 1.82) is 0 Å². The lowest BCUT2D eigenvalue weighted by Gasteiger charge is -2.31. The highest BCUT2D eigenvalue weighted by molar-refractivity contribution is 6.03. The average Bonchev–Trinajstić information content (AvgIpc) is 2.36. The van der Waals surface area contributed by atoms with Gasteiger partial charge in [-0.05, 0) is 37.5 Å². The maximum Gasteiger partial charge on any atom is 0.338 e. The Kier molecular flexibility index (Phi) is 3.81. The lowest BCUT2D eigenvalue weighted by Crippen LogP contribution is -2.38. The Morgan fingerprint density at radius 3 is 2.75 bits per heavy atom. The summed E-state index contributed by atoms with van der Waals surface area (Å²) >= 11 is 0. The van der Waals surface area contributed by atoms with E-state index < -0.39 is 12.1 Å². The van der Waals surface area contributed by atoms with Crippen molar-refractivity contribution >= 4 is 11.9 Å². The van der Waals surface area contributed by atoms with Crippen LogP contribution in [-0.2, 0) is 4.74 Å². The molecule has 1 aromatic carbocycles. The third-order valence-electron chi connectivity index (χ3n) is 3.65. The molecule has 1 aromatic rings. The lowest BCUT2D eigenvalue weighted by atomic mass is 9.87. The smallest absolute Gasteiger partial charge is 0.338 e. The summed E-state index contributed by atoms with van der Waals surface area (Å²) in [5.74, 6) is -0.603. The average molecular weight is 277 g/mol. The molecule has 5 heteroatoms. The number of hydrogen-bond acceptors (Lipinski definition) is 4. The number of amides is 1. The first-order chi connectivity index (χ1) is 9.38. The minimum atomic E-state index is -0.721. The molecule has 5 nitrogen and oxygen atoms in total. The van der Waals surface area contributed by atoms with Gasteiger partial charge in [0.1, 0.15) is 0 Å². The first-order valence-electron chi connectivity index (χ1n) is 6.63. The Morgan fingerprint density at radius 1 is 1.50 bits per heavy atom. The first kappa shape index (κ1) is 14.5. The summed E-state index contributed by atoms with van der Waals surface area (Å²) in [6, 6.07) is 1.71. The summed E-state index contributed by atoms with van der Waals surface area (Å²) < 4.78 is 5.04. The minimum Gasteiger partial charge on any atom is -0.462 e. The fourth-order valence-corrected chi connectivity index (χ4v) is 2.71. The highest BCUT2D eigenvalue weighted by atomic mass is 16.5. The van der Waals surface area contributed by atoms with Crippen LogP contribution in [0.4, 0.5) is 0 Å². The SMILES string of the molecule is CCOC(=O)c1c(C)cc2c(c1C)C(=O)N(C)CC2O. The van der Waals surface area contributed by atoms with Gasteiger partial charge in [-0.1, -0.05) is 6.07 Å². The van der Waals surface area contributed by atoms with Crippen molar-refractivity contribution in [1.82, 2.24) is 4.90 Å². The Balaban J connectivity index is 2.65. The zero-order valence-electron chi connectivity index (χ0n) is 12.2. The number of rotatable bonds is 2. The van der Waals surface area contributed by atoms with Gasteiger partial charge in [-0.15, -0.1) is 0 Å². The predicted octanol–water partition coefficient (Wildman–Crippen LogP) is 1.60. The number of aryl methyl sites for hydroxylation is 1. The number of ether oxygens (including phenoxy) is 1. The number of esters is 1. The fraction of sp³-hybridized carbons (Fsp3) is 0.467. The summed E-state index contributed by atoms with van der Waals surface area (Å²) in [5.41, 5.74) is 2.72. The Bertz CT molecular complexity index is 580. The molecule has 1 unspecified atom stereocenters. The highest BCUT2D eigenvalue weighted by Crippen LogP contribution is 2.32. The monoisotopic (exact) mass is 277 g/mol. The van der Waals surface area contributed by atoms with E-state index in [9.17, 15) is 14.7 Å². The van der Waals surface area contributed by atoms with Gasteiger partial charge in [0.2, 0.25) is 0 Å². The molecule has 1 aliphatic heterocycles. The molecule has 0 spiro atoms. The number of nitrogens with zero attached hydrogens (tertiary/aromatic N) is 1. The molecule has 1 amide bonds. The van der Waals surface area contributed by atoms with E-state index >= 15 is 0 Å². The van der Waals surface area contributed by atoms with Crippen LogP contribution < -0.4 is 0 Å². The zero-order chi connectivity index (χ0) is 15.0.